The summed E-state index contributed by atoms with van der Waals surface area (Å²) in [6.45, 7) is 1.24. The minimum absolute atomic E-state index is 0.266. The lowest BCUT2D eigenvalue weighted by atomic mass is 9.85. The number of carbonyl (C=O) groups is 1. The number of methoxy groups -OCH3 is 1. The van der Waals surface area contributed by atoms with Gasteiger partial charge in [0.05, 0.1) is 12.7 Å². The average Bonchev–Trinajstić information content (AvgIpc) is 2.68. The first-order valence-electron chi connectivity index (χ1n) is 8.89. The smallest absolute Gasteiger partial charge is 0.410 e. The van der Waals surface area contributed by atoms with Gasteiger partial charge in [0.2, 0.25) is 0 Å². The van der Waals surface area contributed by atoms with Gasteiger partial charge in [-0.15, -0.1) is 0 Å². The lowest BCUT2D eigenvalue weighted by Crippen LogP contribution is -2.47. The molecule has 1 fully saturated rings. The number of nitrogens with zero attached hydrogens (tertiary/aromatic N) is 1. The second-order valence-corrected chi connectivity index (χ2v) is 6.74. The number of likely N-dealkylation sites (tertiary alicyclic amines) is 1. The van der Waals surface area contributed by atoms with Gasteiger partial charge in [-0.05, 0) is 30.0 Å². The van der Waals surface area contributed by atoms with Crippen LogP contribution in [0.5, 0.6) is 5.75 Å². The molecular weight excluding hydrogens is 330 g/mol. The van der Waals surface area contributed by atoms with Gasteiger partial charge < -0.3 is 19.5 Å². The summed E-state index contributed by atoms with van der Waals surface area (Å²) in [7, 11) is 1.63. The van der Waals surface area contributed by atoms with Crippen LogP contribution in [0.2, 0.25) is 0 Å². The number of rotatable bonds is 5. The Kier molecular flexibility index (Phi) is 5.78. The van der Waals surface area contributed by atoms with Crippen LogP contribution in [0.25, 0.3) is 0 Å². The number of hydrogen-bond acceptors (Lipinski definition) is 4. The van der Waals surface area contributed by atoms with E-state index in [2.05, 4.69) is 0 Å². The van der Waals surface area contributed by atoms with Gasteiger partial charge in [-0.2, -0.15) is 0 Å². The van der Waals surface area contributed by atoms with Crippen molar-refractivity contribution in [3.05, 3.63) is 65.7 Å². The molecule has 138 valence electrons. The fraction of sp³-hybridized carbons (Fsp3) is 0.381. The van der Waals surface area contributed by atoms with Crippen LogP contribution in [0, 0.1) is 0 Å². The summed E-state index contributed by atoms with van der Waals surface area (Å²) >= 11 is 0. The van der Waals surface area contributed by atoms with Crippen molar-refractivity contribution in [1.82, 2.24) is 4.90 Å². The molecular formula is C21H25NO4. The lowest BCUT2D eigenvalue weighted by molar-refractivity contribution is -0.0209. The molecule has 1 heterocycles. The zero-order valence-electron chi connectivity index (χ0n) is 15.1. The van der Waals surface area contributed by atoms with Crippen LogP contribution in [-0.2, 0) is 17.8 Å². The average molecular weight is 355 g/mol. The number of para-hydroxylation sites is 1. The first kappa shape index (κ1) is 18.3. The van der Waals surface area contributed by atoms with E-state index in [1.54, 1.807) is 12.0 Å². The number of amides is 1. The summed E-state index contributed by atoms with van der Waals surface area (Å²) in [4.78, 5) is 13.9. The highest BCUT2D eigenvalue weighted by atomic mass is 16.6. The highest BCUT2D eigenvalue weighted by Gasteiger charge is 2.35. The SMILES string of the molecule is COc1ccccc1CC1(O)CCN(C(=O)OCc2ccccc2)CC1. The molecule has 1 saturated heterocycles. The van der Waals surface area contributed by atoms with Crippen molar-refractivity contribution in [3.8, 4) is 5.75 Å². The molecule has 0 radical (unpaired) electrons. The third-order valence-corrected chi connectivity index (χ3v) is 4.87. The third-order valence-electron chi connectivity index (χ3n) is 4.87. The Balaban J connectivity index is 1.52. The number of benzene rings is 2. The second kappa shape index (κ2) is 8.23. The Labute approximate surface area is 154 Å². The van der Waals surface area contributed by atoms with Crippen molar-refractivity contribution in [3.63, 3.8) is 0 Å². The summed E-state index contributed by atoms with van der Waals surface area (Å²) in [6.07, 6.45) is 1.23. The van der Waals surface area contributed by atoms with Gasteiger partial charge in [0, 0.05) is 19.5 Å². The van der Waals surface area contributed by atoms with E-state index >= 15 is 0 Å². The predicted molar refractivity (Wildman–Crippen MR) is 99.1 cm³/mol. The summed E-state index contributed by atoms with van der Waals surface area (Å²) in [5.41, 5.74) is 1.12. The maximum atomic E-state index is 12.2. The molecule has 0 saturated carbocycles. The largest absolute Gasteiger partial charge is 0.496 e. The minimum atomic E-state index is -0.829. The van der Waals surface area contributed by atoms with Crippen LogP contribution < -0.4 is 4.74 Å². The Hall–Kier alpha value is -2.53. The van der Waals surface area contributed by atoms with Crippen LogP contribution in [0.15, 0.2) is 54.6 Å². The predicted octanol–water partition coefficient (Wildman–Crippen LogP) is 3.40. The van der Waals surface area contributed by atoms with Crippen LogP contribution >= 0.6 is 0 Å². The van der Waals surface area contributed by atoms with E-state index in [4.69, 9.17) is 9.47 Å². The molecule has 5 heteroatoms. The normalized spacial score (nSPS) is 16.2. The van der Waals surface area contributed by atoms with Gasteiger partial charge in [0.25, 0.3) is 0 Å². The van der Waals surface area contributed by atoms with Gasteiger partial charge in [0.1, 0.15) is 12.4 Å². The number of ether oxygens (including phenoxy) is 2. The molecule has 2 aromatic rings. The molecule has 1 amide bonds. The second-order valence-electron chi connectivity index (χ2n) is 6.74. The van der Waals surface area contributed by atoms with Crippen LogP contribution in [-0.4, -0.2) is 41.9 Å². The molecule has 0 unspecified atom stereocenters. The van der Waals surface area contributed by atoms with Crippen molar-refractivity contribution in [1.29, 1.82) is 0 Å². The van der Waals surface area contributed by atoms with Gasteiger partial charge >= 0.3 is 6.09 Å². The fourth-order valence-corrected chi connectivity index (χ4v) is 3.30. The van der Waals surface area contributed by atoms with E-state index in [0.29, 0.717) is 32.4 Å². The van der Waals surface area contributed by atoms with Gasteiger partial charge in [-0.1, -0.05) is 48.5 Å². The minimum Gasteiger partial charge on any atom is -0.496 e. The van der Waals surface area contributed by atoms with Gasteiger partial charge in [-0.3, -0.25) is 0 Å². The maximum Gasteiger partial charge on any atom is 0.410 e. The summed E-state index contributed by atoms with van der Waals surface area (Å²) in [5, 5.41) is 10.9. The van der Waals surface area contributed by atoms with E-state index in [1.165, 1.54) is 0 Å². The third kappa shape index (κ3) is 4.55. The van der Waals surface area contributed by atoms with Crippen molar-refractivity contribution < 1.29 is 19.4 Å². The van der Waals surface area contributed by atoms with Crippen LogP contribution in [0.3, 0.4) is 0 Å². The van der Waals surface area contributed by atoms with Crippen LogP contribution in [0.4, 0.5) is 4.79 Å². The summed E-state index contributed by atoms with van der Waals surface area (Å²) < 4.78 is 10.7. The number of aliphatic hydroxyl groups is 1. The standard InChI is InChI=1S/C21H25NO4/c1-25-19-10-6-5-9-18(19)15-21(24)11-13-22(14-12-21)20(23)26-16-17-7-3-2-4-8-17/h2-10,24H,11-16H2,1H3. The lowest BCUT2D eigenvalue weighted by Gasteiger charge is -2.38. The Morgan fingerprint density at radius 3 is 2.42 bits per heavy atom. The molecule has 5 nitrogen and oxygen atoms in total. The Morgan fingerprint density at radius 2 is 1.73 bits per heavy atom. The van der Waals surface area contributed by atoms with Gasteiger partial charge in [-0.25, -0.2) is 4.79 Å². The zero-order chi connectivity index (χ0) is 18.4. The maximum absolute atomic E-state index is 12.2. The molecule has 0 aromatic heterocycles. The molecule has 3 rings (SSSR count). The number of hydrogen-bond donors (Lipinski definition) is 1. The van der Waals surface area contributed by atoms with Crippen LogP contribution in [0.1, 0.15) is 24.0 Å². The van der Waals surface area contributed by atoms with Crippen molar-refractivity contribution >= 4 is 6.09 Å². The first-order chi connectivity index (χ1) is 12.6. The summed E-state index contributed by atoms with van der Waals surface area (Å²) in [6, 6.07) is 17.3. The van der Waals surface area contributed by atoms with E-state index in [0.717, 1.165) is 16.9 Å². The molecule has 0 aliphatic carbocycles. The quantitative estimate of drug-likeness (QED) is 0.893. The van der Waals surface area contributed by atoms with Gasteiger partial charge in [0.15, 0.2) is 0 Å². The molecule has 0 bridgehead atoms. The summed E-state index contributed by atoms with van der Waals surface area (Å²) in [5.74, 6) is 0.783. The van der Waals surface area contributed by atoms with E-state index in [-0.39, 0.29) is 12.7 Å². The first-order valence-corrected chi connectivity index (χ1v) is 8.89. The highest BCUT2D eigenvalue weighted by Crippen LogP contribution is 2.30. The number of piperidine rings is 1. The molecule has 1 aliphatic heterocycles. The van der Waals surface area contributed by atoms with E-state index in [9.17, 15) is 9.90 Å². The van der Waals surface area contributed by atoms with Crippen molar-refractivity contribution in [2.24, 2.45) is 0 Å². The molecule has 2 aromatic carbocycles. The molecule has 1 N–H and O–H groups in total. The Morgan fingerprint density at radius 1 is 1.08 bits per heavy atom. The highest BCUT2D eigenvalue weighted by molar-refractivity contribution is 5.67. The zero-order valence-corrected chi connectivity index (χ0v) is 15.1. The molecule has 0 spiro atoms. The van der Waals surface area contributed by atoms with Crippen molar-refractivity contribution in [2.75, 3.05) is 20.2 Å². The molecule has 26 heavy (non-hydrogen) atoms. The van der Waals surface area contributed by atoms with Crippen molar-refractivity contribution in [2.45, 2.75) is 31.5 Å². The topological polar surface area (TPSA) is 59.0 Å². The monoisotopic (exact) mass is 355 g/mol. The fourth-order valence-electron chi connectivity index (χ4n) is 3.30. The van der Waals surface area contributed by atoms with E-state index < -0.39 is 5.60 Å². The van der Waals surface area contributed by atoms with E-state index in [1.807, 2.05) is 54.6 Å². The molecule has 0 atom stereocenters. The molecule has 1 aliphatic rings. The number of carbonyl (C=O) groups excluding carboxylic acids is 1. The Bertz CT molecular complexity index is 724.